The Labute approximate surface area is 111 Å². The summed E-state index contributed by atoms with van der Waals surface area (Å²) in [6, 6.07) is 7.44. The zero-order valence-corrected chi connectivity index (χ0v) is 10.6. The number of hydrazine groups is 1. The zero-order valence-electron chi connectivity index (χ0n) is 10.6. The zero-order chi connectivity index (χ0) is 13.8. The van der Waals surface area contributed by atoms with Crippen molar-refractivity contribution < 1.29 is 14.7 Å². The highest BCUT2D eigenvalue weighted by atomic mass is 16.3. The quantitative estimate of drug-likeness (QED) is 0.454. The maximum Gasteiger partial charge on any atom is 0.253 e. The van der Waals surface area contributed by atoms with E-state index in [-0.39, 0.29) is 0 Å². The number of aliphatic hydroxyl groups excluding tert-OH is 1. The summed E-state index contributed by atoms with van der Waals surface area (Å²) in [4.78, 5) is 23.5. The van der Waals surface area contributed by atoms with Crippen molar-refractivity contribution in [2.75, 3.05) is 12.0 Å². The van der Waals surface area contributed by atoms with E-state index in [1.807, 2.05) is 31.2 Å². The first-order chi connectivity index (χ1) is 9.09. The molecule has 1 fully saturated rings. The van der Waals surface area contributed by atoms with Gasteiger partial charge < -0.3 is 10.4 Å². The fourth-order valence-electron chi connectivity index (χ4n) is 2.01. The van der Waals surface area contributed by atoms with E-state index in [2.05, 4.69) is 16.2 Å². The molecule has 19 heavy (non-hydrogen) atoms. The van der Waals surface area contributed by atoms with E-state index >= 15 is 0 Å². The van der Waals surface area contributed by atoms with Crippen molar-refractivity contribution in [3.8, 4) is 0 Å². The topological polar surface area (TPSA) is 90.5 Å². The third kappa shape index (κ3) is 3.03. The van der Waals surface area contributed by atoms with E-state index in [1.54, 1.807) is 0 Å². The molecule has 102 valence electrons. The number of hydrogen-bond acceptors (Lipinski definition) is 4. The molecule has 0 spiro atoms. The van der Waals surface area contributed by atoms with Crippen LogP contribution in [-0.4, -0.2) is 29.6 Å². The lowest BCUT2D eigenvalue weighted by atomic mass is 9.94. The molecule has 0 saturated carbocycles. The van der Waals surface area contributed by atoms with Gasteiger partial charge in [-0.3, -0.25) is 20.4 Å². The van der Waals surface area contributed by atoms with Crippen LogP contribution in [-0.2, 0) is 9.59 Å². The highest BCUT2D eigenvalue weighted by Crippen LogP contribution is 2.14. The van der Waals surface area contributed by atoms with Gasteiger partial charge in [-0.25, -0.2) is 0 Å². The van der Waals surface area contributed by atoms with Gasteiger partial charge in [0.1, 0.15) is 5.92 Å². The Bertz CT molecular complexity index is 490. The number of carbonyl (C=O) groups excluding carboxylic acids is 2. The molecule has 1 aliphatic heterocycles. The second kappa shape index (κ2) is 5.71. The number of benzene rings is 1. The van der Waals surface area contributed by atoms with Crippen LogP contribution in [0.5, 0.6) is 0 Å². The fourth-order valence-corrected chi connectivity index (χ4v) is 2.01. The van der Waals surface area contributed by atoms with Gasteiger partial charge in [-0.1, -0.05) is 18.2 Å². The minimum absolute atomic E-state index is 0.383. The average Bonchev–Trinajstić information content (AvgIpc) is 2.37. The first-order valence-electron chi connectivity index (χ1n) is 6.17. The van der Waals surface area contributed by atoms with Crippen molar-refractivity contribution in [2.24, 2.45) is 5.92 Å². The van der Waals surface area contributed by atoms with E-state index < -0.39 is 23.8 Å². The Balaban J connectivity index is 1.97. The molecule has 0 aromatic heterocycles. The van der Waals surface area contributed by atoms with Crippen LogP contribution in [0.2, 0.25) is 0 Å². The van der Waals surface area contributed by atoms with Gasteiger partial charge in [-0.15, -0.1) is 0 Å². The molecule has 1 aromatic rings. The third-order valence-corrected chi connectivity index (χ3v) is 3.15. The smallest absolute Gasteiger partial charge is 0.253 e. The van der Waals surface area contributed by atoms with Gasteiger partial charge in [0.2, 0.25) is 5.91 Å². The van der Waals surface area contributed by atoms with Crippen LogP contribution in [0.1, 0.15) is 12.0 Å². The van der Waals surface area contributed by atoms with Gasteiger partial charge in [0.25, 0.3) is 5.91 Å². The van der Waals surface area contributed by atoms with Gasteiger partial charge in [0.05, 0.1) is 11.8 Å². The second-order valence-electron chi connectivity index (χ2n) is 4.55. The van der Waals surface area contributed by atoms with Crippen molar-refractivity contribution in [3.05, 3.63) is 29.8 Å². The van der Waals surface area contributed by atoms with Gasteiger partial charge in [-0.2, -0.15) is 0 Å². The number of piperidine rings is 1. The largest absolute Gasteiger partial charge is 0.392 e. The molecule has 0 aliphatic carbocycles. The number of nitrogens with one attached hydrogen (secondary N) is 3. The van der Waals surface area contributed by atoms with E-state index in [0.717, 1.165) is 11.3 Å². The SMILES string of the molecule is Cc1ccccc1NNC(=O)C1C(=O)NCCC1O. The molecule has 1 saturated heterocycles. The molecule has 4 N–H and O–H groups in total. The molecular formula is C13H17N3O3. The standard InChI is InChI=1S/C13H17N3O3/c1-8-4-2-3-5-9(8)15-16-13(19)11-10(17)6-7-14-12(11)18/h2-5,10-11,15,17H,6-7H2,1H3,(H,14,18)(H,16,19). The number of aryl methyl sites for hydroxylation is 1. The maximum absolute atomic E-state index is 11.9. The molecule has 2 unspecified atom stereocenters. The molecule has 2 rings (SSSR count). The van der Waals surface area contributed by atoms with E-state index in [4.69, 9.17) is 0 Å². The first-order valence-corrected chi connectivity index (χ1v) is 6.17. The number of amides is 2. The van der Waals surface area contributed by atoms with Crippen LogP contribution >= 0.6 is 0 Å². The minimum Gasteiger partial charge on any atom is -0.392 e. The van der Waals surface area contributed by atoms with Crippen molar-refractivity contribution >= 4 is 17.5 Å². The maximum atomic E-state index is 11.9. The Morgan fingerprint density at radius 2 is 2.16 bits per heavy atom. The molecular weight excluding hydrogens is 246 g/mol. The van der Waals surface area contributed by atoms with E-state index in [1.165, 1.54) is 0 Å². The van der Waals surface area contributed by atoms with E-state index in [9.17, 15) is 14.7 Å². The van der Waals surface area contributed by atoms with Crippen molar-refractivity contribution in [1.82, 2.24) is 10.7 Å². The highest BCUT2D eigenvalue weighted by Gasteiger charge is 2.36. The molecule has 6 heteroatoms. The lowest BCUT2D eigenvalue weighted by Gasteiger charge is -2.26. The number of carbonyl (C=O) groups is 2. The monoisotopic (exact) mass is 263 g/mol. The number of para-hydroxylation sites is 1. The Kier molecular flexibility index (Phi) is 4.01. The fraction of sp³-hybridized carbons (Fsp3) is 0.385. The van der Waals surface area contributed by atoms with Gasteiger partial charge >= 0.3 is 0 Å². The summed E-state index contributed by atoms with van der Waals surface area (Å²) in [7, 11) is 0. The predicted octanol–water partition coefficient (Wildman–Crippen LogP) is -0.0649. The van der Waals surface area contributed by atoms with Gasteiger partial charge in [-0.05, 0) is 25.0 Å². The molecule has 2 amide bonds. The summed E-state index contributed by atoms with van der Waals surface area (Å²) < 4.78 is 0. The van der Waals surface area contributed by atoms with Crippen LogP contribution in [0.15, 0.2) is 24.3 Å². The summed E-state index contributed by atoms with van der Waals surface area (Å²) >= 11 is 0. The van der Waals surface area contributed by atoms with Gasteiger partial charge in [0, 0.05) is 6.54 Å². The third-order valence-electron chi connectivity index (χ3n) is 3.15. The normalized spacial score (nSPS) is 22.5. The van der Waals surface area contributed by atoms with Crippen LogP contribution < -0.4 is 16.2 Å². The first kappa shape index (κ1) is 13.4. The molecule has 1 heterocycles. The predicted molar refractivity (Wildman–Crippen MR) is 70.1 cm³/mol. The summed E-state index contributed by atoms with van der Waals surface area (Å²) in [5.41, 5.74) is 6.94. The molecule has 1 aliphatic rings. The molecule has 2 atom stereocenters. The second-order valence-corrected chi connectivity index (χ2v) is 4.55. The lowest BCUT2D eigenvalue weighted by Crippen LogP contribution is -2.52. The van der Waals surface area contributed by atoms with Crippen LogP contribution in [0.4, 0.5) is 5.69 Å². The lowest BCUT2D eigenvalue weighted by molar-refractivity contribution is -0.142. The summed E-state index contributed by atoms with van der Waals surface area (Å²) in [5.74, 6) is -2.04. The Hall–Kier alpha value is -2.08. The number of anilines is 1. The molecule has 6 nitrogen and oxygen atoms in total. The van der Waals surface area contributed by atoms with Crippen molar-refractivity contribution in [1.29, 1.82) is 0 Å². The highest BCUT2D eigenvalue weighted by molar-refractivity contribution is 6.01. The summed E-state index contributed by atoms with van der Waals surface area (Å²) in [6.07, 6.45) is -0.554. The average molecular weight is 263 g/mol. The summed E-state index contributed by atoms with van der Waals surface area (Å²) in [5, 5.41) is 12.3. The molecule has 0 bridgehead atoms. The minimum atomic E-state index is -1.06. The van der Waals surface area contributed by atoms with Crippen molar-refractivity contribution in [3.63, 3.8) is 0 Å². The van der Waals surface area contributed by atoms with E-state index in [0.29, 0.717) is 13.0 Å². The van der Waals surface area contributed by atoms with Crippen LogP contribution in [0.3, 0.4) is 0 Å². The Morgan fingerprint density at radius 1 is 1.42 bits per heavy atom. The number of hydrogen-bond donors (Lipinski definition) is 4. The molecule has 1 aromatic carbocycles. The van der Waals surface area contributed by atoms with Crippen molar-refractivity contribution in [2.45, 2.75) is 19.4 Å². The number of aliphatic hydroxyl groups is 1. The Morgan fingerprint density at radius 3 is 2.84 bits per heavy atom. The molecule has 0 radical (unpaired) electrons. The van der Waals surface area contributed by atoms with Crippen LogP contribution in [0.25, 0.3) is 0 Å². The van der Waals surface area contributed by atoms with Crippen LogP contribution in [0, 0.1) is 12.8 Å². The number of rotatable bonds is 3. The summed E-state index contributed by atoms with van der Waals surface area (Å²) in [6.45, 7) is 2.30. The van der Waals surface area contributed by atoms with Gasteiger partial charge in [0.15, 0.2) is 0 Å².